The van der Waals surface area contributed by atoms with E-state index in [1.165, 1.54) is 49.7 Å². The maximum atomic E-state index is 2.47. The number of rotatable bonds is 2. The van der Waals surface area contributed by atoms with E-state index in [9.17, 15) is 0 Å². The number of allylic oxidation sites excluding steroid dienone is 1. The number of fused-ring (bicyclic) bond motifs is 4. The summed E-state index contributed by atoms with van der Waals surface area (Å²) in [6, 6.07) is 32.9. The number of hydrogen-bond acceptors (Lipinski definition) is 0. The topological polar surface area (TPSA) is 4.93 Å². The summed E-state index contributed by atoms with van der Waals surface area (Å²) in [7, 11) is 0. The summed E-state index contributed by atoms with van der Waals surface area (Å²) in [5.74, 6) is 0. The summed E-state index contributed by atoms with van der Waals surface area (Å²) in [6.45, 7) is 0. The zero-order valence-corrected chi connectivity index (χ0v) is 16.2. The van der Waals surface area contributed by atoms with Crippen LogP contribution in [-0.2, 0) is 6.42 Å². The molecule has 0 saturated heterocycles. The average Bonchev–Trinajstić information content (AvgIpc) is 3.11. The van der Waals surface area contributed by atoms with Gasteiger partial charge in [0.05, 0.1) is 5.52 Å². The summed E-state index contributed by atoms with van der Waals surface area (Å²) < 4.78 is 2.47. The van der Waals surface area contributed by atoms with Gasteiger partial charge in [-0.1, -0.05) is 78.9 Å². The maximum Gasteiger partial charge on any atom is 0.0544 e. The predicted molar refractivity (Wildman–Crippen MR) is 124 cm³/mol. The lowest BCUT2D eigenvalue weighted by atomic mass is 10.0. The summed E-state index contributed by atoms with van der Waals surface area (Å²) >= 11 is 0. The third kappa shape index (κ3) is 2.62. The molecule has 1 aliphatic rings. The van der Waals surface area contributed by atoms with Gasteiger partial charge in [0.25, 0.3) is 0 Å². The molecule has 1 aromatic heterocycles. The molecule has 29 heavy (non-hydrogen) atoms. The second-order valence-electron chi connectivity index (χ2n) is 7.77. The fourth-order valence-electron chi connectivity index (χ4n) is 4.63. The summed E-state index contributed by atoms with van der Waals surface area (Å²) in [4.78, 5) is 0. The Morgan fingerprint density at radius 2 is 1.34 bits per heavy atom. The second kappa shape index (κ2) is 6.49. The number of aromatic nitrogens is 1. The van der Waals surface area contributed by atoms with Gasteiger partial charge in [0.15, 0.2) is 0 Å². The third-order valence-corrected chi connectivity index (χ3v) is 6.04. The summed E-state index contributed by atoms with van der Waals surface area (Å²) in [6.07, 6.45) is 6.80. The Labute approximate surface area is 170 Å². The molecule has 0 fully saturated rings. The van der Waals surface area contributed by atoms with Crippen molar-refractivity contribution in [1.82, 2.24) is 4.57 Å². The van der Waals surface area contributed by atoms with Crippen LogP contribution >= 0.6 is 0 Å². The molecule has 1 heterocycles. The van der Waals surface area contributed by atoms with E-state index in [1.807, 2.05) is 0 Å². The van der Waals surface area contributed by atoms with Gasteiger partial charge in [-0.3, -0.25) is 0 Å². The summed E-state index contributed by atoms with van der Waals surface area (Å²) in [5.41, 5.74) is 7.85. The molecule has 0 bridgehead atoms. The second-order valence-corrected chi connectivity index (χ2v) is 7.77. The molecule has 0 unspecified atom stereocenters. The van der Waals surface area contributed by atoms with Crippen molar-refractivity contribution in [2.24, 2.45) is 0 Å². The minimum atomic E-state index is 1.08. The fraction of sp³-hybridized carbons (Fsp3) is 0.0714. The van der Waals surface area contributed by atoms with Gasteiger partial charge in [0, 0.05) is 22.3 Å². The summed E-state index contributed by atoms with van der Waals surface area (Å²) in [5, 5.41) is 3.95. The minimum absolute atomic E-state index is 1.08. The van der Waals surface area contributed by atoms with Gasteiger partial charge in [-0.05, 0) is 59.0 Å². The monoisotopic (exact) mass is 371 g/mol. The zero-order valence-electron chi connectivity index (χ0n) is 16.2. The van der Waals surface area contributed by atoms with Gasteiger partial charge in [-0.2, -0.15) is 0 Å². The molecule has 0 N–H and O–H groups in total. The standard InChI is InChI=1S/C28H21N/c1-2-8-20(9-3-1)21-14-16-24(17-15-21)29-27-13-7-6-12-25(27)26-18-22-10-4-5-11-23(22)19-28(26)29/h1-6,8-12,14-19H,7,13H2. The number of benzene rings is 4. The quantitative estimate of drug-likeness (QED) is 0.304. The Morgan fingerprint density at radius 3 is 2.14 bits per heavy atom. The number of nitrogens with zero attached hydrogens (tertiary/aromatic N) is 1. The molecule has 0 spiro atoms. The Bertz CT molecular complexity index is 1370. The van der Waals surface area contributed by atoms with E-state index in [1.54, 1.807) is 0 Å². The molecule has 1 nitrogen and oxygen atoms in total. The van der Waals surface area contributed by atoms with Crippen LogP contribution in [0.25, 0.3) is 44.6 Å². The molecule has 0 aliphatic heterocycles. The van der Waals surface area contributed by atoms with Crippen molar-refractivity contribution >= 4 is 27.8 Å². The molecule has 0 atom stereocenters. The van der Waals surface area contributed by atoms with Crippen LogP contribution in [0.15, 0.2) is 97.1 Å². The molecular formula is C28H21N. The van der Waals surface area contributed by atoms with E-state index in [0.29, 0.717) is 0 Å². The highest BCUT2D eigenvalue weighted by molar-refractivity contribution is 6.02. The maximum absolute atomic E-state index is 2.47. The molecule has 6 rings (SSSR count). The highest BCUT2D eigenvalue weighted by atomic mass is 15.0. The van der Waals surface area contributed by atoms with Crippen LogP contribution in [0, 0.1) is 0 Å². The van der Waals surface area contributed by atoms with Crippen LogP contribution in [-0.4, -0.2) is 4.57 Å². The largest absolute Gasteiger partial charge is 0.313 e. The van der Waals surface area contributed by atoms with E-state index < -0.39 is 0 Å². The SMILES string of the molecule is C1=Cc2c(n(-c3ccc(-c4ccccc4)cc3)c3cc4ccccc4cc23)CC1. The van der Waals surface area contributed by atoms with Crippen molar-refractivity contribution in [3.63, 3.8) is 0 Å². The van der Waals surface area contributed by atoms with E-state index in [-0.39, 0.29) is 0 Å². The van der Waals surface area contributed by atoms with E-state index in [0.717, 1.165) is 12.8 Å². The molecule has 1 heteroatoms. The normalized spacial score (nSPS) is 13.1. The van der Waals surface area contributed by atoms with Gasteiger partial charge in [0.1, 0.15) is 0 Å². The van der Waals surface area contributed by atoms with E-state index in [4.69, 9.17) is 0 Å². The first kappa shape index (κ1) is 16.4. The predicted octanol–water partition coefficient (Wildman–Crippen LogP) is 7.41. The number of hydrogen-bond donors (Lipinski definition) is 0. The van der Waals surface area contributed by atoms with Crippen LogP contribution < -0.4 is 0 Å². The van der Waals surface area contributed by atoms with E-state index in [2.05, 4.69) is 108 Å². The fourth-order valence-corrected chi connectivity index (χ4v) is 4.63. The lowest BCUT2D eigenvalue weighted by molar-refractivity contribution is 0.889. The Hall–Kier alpha value is -3.58. The first-order valence-electron chi connectivity index (χ1n) is 10.3. The first-order chi connectivity index (χ1) is 14.4. The lowest BCUT2D eigenvalue weighted by Gasteiger charge is -2.14. The third-order valence-electron chi connectivity index (χ3n) is 6.04. The molecule has 0 saturated carbocycles. The van der Waals surface area contributed by atoms with E-state index >= 15 is 0 Å². The van der Waals surface area contributed by atoms with Crippen molar-refractivity contribution in [1.29, 1.82) is 0 Å². The molecule has 1 aliphatic carbocycles. The van der Waals surface area contributed by atoms with Crippen LogP contribution in [0.2, 0.25) is 0 Å². The van der Waals surface area contributed by atoms with Crippen molar-refractivity contribution in [2.75, 3.05) is 0 Å². The van der Waals surface area contributed by atoms with Gasteiger partial charge in [0.2, 0.25) is 0 Å². The molecular weight excluding hydrogens is 350 g/mol. The van der Waals surface area contributed by atoms with Crippen LogP contribution in [0.3, 0.4) is 0 Å². The lowest BCUT2D eigenvalue weighted by Crippen LogP contribution is -2.02. The molecule has 0 radical (unpaired) electrons. The van der Waals surface area contributed by atoms with Crippen LogP contribution in [0.4, 0.5) is 0 Å². The first-order valence-corrected chi connectivity index (χ1v) is 10.3. The van der Waals surface area contributed by atoms with Gasteiger partial charge in [-0.15, -0.1) is 0 Å². The molecule has 138 valence electrons. The van der Waals surface area contributed by atoms with Crippen molar-refractivity contribution in [2.45, 2.75) is 12.8 Å². The Morgan fingerprint density at radius 1 is 0.655 bits per heavy atom. The van der Waals surface area contributed by atoms with Crippen molar-refractivity contribution in [3.8, 4) is 16.8 Å². The van der Waals surface area contributed by atoms with Crippen molar-refractivity contribution < 1.29 is 0 Å². The minimum Gasteiger partial charge on any atom is -0.313 e. The highest BCUT2D eigenvalue weighted by Crippen LogP contribution is 2.36. The Kier molecular flexibility index (Phi) is 3.67. The molecule has 5 aromatic rings. The van der Waals surface area contributed by atoms with Crippen LogP contribution in [0.5, 0.6) is 0 Å². The Balaban J connectivity index is 1.59. The van der Waals surface area contributed by atoms with Gasteiger partial charge < -0.3 is 4.57 Å². The molecule has 4 aromatic carbocycles. The van der Waals surface area contributed by atoms with Crippen molar-refractivity contribution in [3.05, 3.63) is 108 Å². The molecule has 0 amide bonds. The van der Waals surface area contributed by atoms with Gasteiger partial charge >= 0.3 is 0 Å². The smallest absolute Gasteiger partial charge is 0.0544 e. The highest BCUT2D eigenvalue weighted by Gasteiger charge is 2.19. The van der Waals surface area contributed by atoms with Gasteiger partial charge in [-0.25, -0.2) is 0 Å². The average molecular weight is 371 g/mol. The zero-order chi connectivity index (χ0) is 19.2. The van der Waals surface area contributed by atoms with Crippen LogP contribution in [0.1, 0.15) is 17.7 Å².